The van der Waals surface area contributed by atoms with Crippen molar-refractivity contribution in [2.24, 2.45) is 5.92 Å². The first kappa shape index (κ1) is 16.5. The molecule has 0 aliphatic carbocycles. The summed E-state index contributed by atoms with van der Waals surface area (Å²) in [6.07, 6.45) is 0.310. The second-order valence-electron chi connectivity index (χ2n) is 6.55. The van der Waals surface area contributed by atoms with Crippen LogP contribution >= 0.6 is 0 Å². The lowest BCUT2D eigenvalue weighted by molar-refractivity contribution is 0.0876. The van der Waals surface area contributed by atoms with Gasteiger partial charge in [-0.15, -0.1) is 0 Å². The number of hydrogen-bond donors (Lipinski definition) is 1. The SMILES string of the molecule is Cc1nc(CC(C)C)oc1C(=O)NC1c2cccc(F)c2OC1C. The minimum absolute atomic E-state index is 0.197. The third-order valence-electron chi connectivity index (χ3n) is 4.02. The van der Waals surface area contributed by atoms with Crippen LogP contribution in [0.15, 0.2) is 22.6 Å². The van der Waals surface area contributed by atoms with Crippen LogP contribution in [0.25, 0.3) is 0 Å². The number of para-hydroxylation sites is 1. The molecule has 1 amide bonds. The third kappa shape index (κ3) is 3.00. The Morgan fingerprint density at radius 3 is 2.88 bits per heavy atom. The number of carbonyl (C=O) groups is 1. The maximum absolute atomic E-state index is 13.8. The summed E-state index contributed by atoms with van der Waals surface area (Å²) in [6.45, 7) is 7.65. The number of hydrogen-bond acceptors (Lipinski definition) is 4. The van der Waals surface area contributed by atoms with Crippen molar-refractivity contribution >= 4 is 5.91 Å². The molecule has 2 unspecified atom stereocenters. The Morgan fingerprint density at radius 2 is 2.17 bits per heavy atom. The van der Waals surface area contributed by atoms with E-state index in [1.807, 2.05) is 0 Å². The van der Waals surface area contributed by atoms with Gasteiger partial charge in [0.05, 0.1) is 11.7 Å². The highest BCUT2D eigenvalue weighted by Gasteiger charge is 2.35. The minimum atomic E-state index is -0.429. The second kappa shape index (κ2) is 6.26. The molecule has 0 saturated heterocycles. The molecule has 2 atom stereocenters. The Hall–Kier alpha value is -2.37. The topological polar surface area (TPSA) is 64.4 Å². The number of oxazole rings is 1. The molecule has 0 bridgehead atoms. The van der Waals surface area contributed by atoms with Gasteiger partial charge in [-0.1, -0.05) is 26.0 Å². The van der Waals surface area contributed by atoms with Gasteiger partial charge in [0.25, 0.3) is 5.91 Å². The van der Waals surface area contributed by atoms with Gasteiger partial charge in [-0.25, -0.2) is 9.37 Å². The average molecular weight is 332 g/mol. The van der Waals surface area contributed by atoms with Crippen LogP contribution in [0, 0.1) is 18.7 Å². The lowest BCUT2D eigenvalue weighted by atomic mass is 10.0. The van der Waals surface area contributed by atoms with Crippen LogP contribution in [0.3, 0.4) is 0 Å². The molecule has 1 aromatic carbocycles. The lowest BCUT2D eigenvalue weighted by Crippen LogP contribution is -2.34. The maximum atomic E-state index is 13.8. The molecule has 1 aliphatic rings. The first-order valence-corrected chi connectivity index (χ1v) is 8.09. The summed E-state index contributed by atoms with van der Waals surface area (Å²) in [7, 11) is 0. The first-order chi connectivity index (χ1) is 11.4. The van der Waals surface area contributed by atoms with Crippen LogP contribution in [0.5, 0.6) is 5.75 Å². The highest BCUT2D eigenvalue weighted by atomic mass is 19.1. The molecule has 2 aromatic rings. The van der Waals surface area contributed by atoms with Crippen LogP contribution < -0.4 is 10.1 Å². The third-order valence-corrected chi connectivity index (χ3v) is 4.02. The summed E-state index contributed by atoms with van der Waals surface area (Å²) >= 11 is 0. The summed E-state index contributed by atoms with van der Waals surface area (Å²) in [6, 6.07) is 4.27. The number of benzene rings is 1. The number of nitrogens with one attached hydrogen (secondary N) is 1. The molecule has 0 spiro atoms. The van der Waals surface area contributed by atoms with Gasteiger partial charge in [-0.05, 0) is 25.8 Å². The molecule has 1 aromatic heterocycles. The van der Waals surface area contributed by atoms with E-state index in [2.05, 4.69) is 24.1 Å². The zero-order chi connectivity index (χ0) is 17.4. The average Bonchev–Trinajstić information content (AvgIpc) is 3.01. The summed E-state index contributed by atoms with van der Waals surface area (Å²) < 4.78 is 25.0. The molecule has 3 rings (SSSR count). The molecule has 1 aliphatic heterocycles. The number of aromatic nitrogens is 1. The molecule has 24 heavy (non-hydrogen) atoms. The Balaban J connectivity index is 1.81. The van der Waals surface area contributed by atoms with E-state index in [-0.39, 0.29) is 23.5 Å². The number of carbonyl (C=O) groups excluding carboxylic acids is 1. The van der Waals surface area contributed by atoms with Crippen molar-refractivity contribution in [3.8, 4) is 5.75 Å². The van der Waals surface area contributed by atoms with Gasteiger partial charge in [-0.2, -0.15) is 0 Å². The molecule has 1 N–H and O–H groups in total. The Labute approximate surface area is 140 Å². The molecule has 0 fully saturated rings. The Bertz CT molecular complexity index is 770. The Kier molecular flexibility index (Phi) is 4.30. The van der Waals surface area contributed by atoms with E-state index in [9.17, 15) is 9.18 Å². The van der Waals surface area contributed by atoms with Crippen molar-refractivity contribution in [3.05, 3.63) is 46.9 Å². The quantitative estimate of drug-likeness (QED) is 0.929. The number of halogens is 1. The fraction of sp³-hybridized carbons (Fsp3) is 0.444. The van der Waals surface area contributed by atoms with Gasteiger partial charge in [0.2, 0.25) is 5.76 Å². The fourth-order valence-corrected chi connectivity index (χ4v) is 2.90. The molecule has 5 nitrogen and oxygen atoms in total. The lowest BCUT2D eigenvalue weighted by Gasteiger charge is -2.16. The zero-order valence-electron chi connectivity index (χ0n) is 14.2. The Morgan fingerprint density at radius 1 is 1.42 bits per heavy atom. The van der Waals surface area contributed by atoms with Crippen molar-refractivity contribution in [2.45, 2.75) is 46.3 Å². The van der Waals surface area contributed by atoms with Gasteiger partial charge in [0.1, 0.15) is 6.10 Å². The van der Waals surface area contributed by atoms with E-state index >= 15 is 0 Å². The monoisotopic (exact) mass is 332 g/mol. The predicted octanol–water partition coefficient (Wildman–Crippen LogP) is 3.57. The number of rotatable bonds is 4. The van der Waals surface area contributed by atoms with Crippen LogP contribution in [-0.4, -0.2) is 17.0 Å². The van der Waals surface area contributed by atoms with Crippen molar-refractivity contribution in [1.29, 1.82) is 0 Å². The largest absolute Gasteiger partial charge is 0.485 e. The molecule has 6 heteroatoms. The predicted molar refractivity (Wildman–Crippen MR) is 86.5 cm³/mol. The summed E-state index contributed by atoms with van der Waals surface area (Å²) in [5, 5.41) is 2.87. The number of amides is 1. The van der Waals surface area contributed by atoms with Crippen LogP contribution in [0.2, 0.25) is 0 Å². The van der Waals surface area contributed by atoms with E-state index in [1.165, 1.54) is 6.07 Å². The highest BCUT2D eigenvalue weighted by molar-refractivity contribution is 5.92. The second-order valence-corrected chi connectivity index (χ2v) is 6.55. The molecular weight excluding hydrogens is 311 g/mol. The molecule has 0 saturated carbocycles. The summed E-state index contributed by atoms with van der Waals surface area (Å²) in [5.41, 5.74) is 1.18. The van der Waals surface area contributed by atoms with Crippen molar-refractivity contribution in [1.82, 2.24) is 10.3 Å². The summed E-state index contributed by atoms with van der Waals surface area (Å²) in [4.78, 5) is 16.9. The molecule has 128 valence electrons. The number of nitrogens with zero attached hydrogens (tertiary/aromatic N) is 1. The van der Waals surface area contributed by atoms with E-state index < -0.39 is 11.9 Å². The standard InChI is InChI=1S/C18H21FN2O3/c1-9(2)8-14-20-10(3)16(24-14)18(22)21-15-11(4)23-17-12(15)6-5-7-13(17)19/h5-7,9,11,15H,8H2,1-4H3,(H,21,22). The number of fused-ring (bicyclic) bond motifs is 1. The van der Waals surface area contributed by atoms with Crippen LogP contribution in [-0.2, 0) is 6.42 Å². The van der Waals surface area contributed by atoms with Gasteiger partial charge < -0.3 is 14.5 Å². The van der Waals surface area contributed by atoms with E-state index in [1.54, 1.807) is 26.0 Å². The van der Waals surface area contributed by atoms with E-state index in [0.29, 0.717) is 29.5 Å². The van der Waals surface area contributed by atoms with Gasteiger partial charge in [0.15, 0.2) is 17.5 Å². The smallest absolute Gasteiger partial charge is 0.289 e. The van der Waals surface area contributed by atoms with Crippen LogP contribution in [0.4, 0.5) is 4.39 Å². The molecule has 0 radical (unpaired) electrons. The molecular formula is C18H21FN2O3. The van der Waals surface area contributed by atoms with Crippen LogP contribution in [0.1, 0.15) is 54.5 Å². The summed E-state index contributed by atoms with van der Waals surface area (Å²) in [5.74, 6) is 0.540. The zero-order valence-corrected chi connectivity index (χ0v) is 14.2. The molecule has 2 heterocycles. The fourth-order valence-electron chi connectivity index (χ4n) is 2.90. The van der Waals surface area contributed by atoms with Gasteiger partial charge in [0, 0.05) is 12.0 Å². The first-order valence-electron chi connectivity index (χ1n) is 8.09. The van der Waals surface area contributed by atoms with Gasteiger partial charge >= 0.3 is 0 Å². The van der Waals surface area contributed by atoms with E-state index in [4.69, 9.17) is 9.15 Å². The number of ether oxygens (including phenoxy) is 1. The maximum Gasteiger partial charge on any atom is 0.289 e. The van der Waals surface area contributed by atoms with Gasteiger partial charge in [-0.3, -0.25) is 4.79 Å². The van der Waals surface area contributed by atoms with E-state index in [0.717, 1.165) is 0 Å². The van der Waals surface area contributed by atoms with Crippen molar-refractivity contribution in [3.63, 3.8) is 0 Å². The van der Waals surface area contributed by atoms with Crippen molar-refractivity contribution in [2.75, 3.05) is 0 Å². The van der Waals surface area contributed by atoms with Crippen molar-refractivity contribution < 1.29 is 18.3 Å². The number of aryl methyl sites for hydroxylation is 1. The highest BCUT2D eigenvalue weighted by Crippen LogP contribution is 2.38. The minimum Gasteiger partial charge on any atom is -0.485 e. The normalized spacial score (nSPS) is 19.2.